The maximum absolute atomic E-state index is 12.3. The summed E-state index contributed by atoms with van der Waals surface area (Å²) in [6.07, 6.45) is 0. The van der Waals surface area contributed by atoms with Gasteiger partial charge in [0.2, 0.25) is 0 Å². The summed E-state index contributed by atoms with van der Waals surface area (Å²) in [7, 11) is 0. The van der Waals surface area contributed by atoms with Crippen LogP contribution < -0.4 is 5.32 Å². The number of aromatic nitrogens is 3. The number of anilines is 1. The number of rotatable bonds is 3. The molecule has 4 rings (SSSR count). The lowest BCUT2D eigenvalue weighted by Crippen LogP contribution is -2.11. The Hall–Kier alpha value is -2.70. The van der Waals surface area contributed by atoms with Crippen LogP contribution in [0.5, 0.6) is 0 Å². The Labute approximate surface area is 162 Å². The van der Waals surface area contributed by atoms with Gasteiger partial charge in [0.25, 0.3) is 5.91 Å². The normalized spacial score (nSPS) is 10.8. The Morgan fingerprint density at radius 2 is 1.73 bits per heavy atom. The summed E-state index contributed by atoms with van der Waals surface area (Å²) in [6.45, 7) is 0. The SMILES string of the molecule is O=C(Nc1ccc2nn(-c3cccc(Cl)c3)nc2c1)c1ccc(Br)cc1. The van der Waals surface area contributed by atoms with E-state index in [0.717, 1.165) is 15.7 Å². The summed E-state index contributed by atoms with van der Waals surface area (Å²) < 4.78 is 0.924. The van der Waals surface area contributed by atoms with Crippen LogP contribution in [-0.4, -0.2) is 20.9 Å². The van der Waals surface area contributed by atoms with E-state index >= 15 is 0 Å². The van der Waals surface area contributed by atoms with Crippen LogP contribution in [0.25, 0.3) is 16.7 Å². The van der Waals surface area contributed by atoms with E-state index in [-0.39, 0.29) is 5.91 Å². The molecule has 26 heavy (non-hydrogen) atoms. The maximum atomic E-state index is 12.3. The maximum Gasteiger partial charge on any atom is 0.255 e. The molecular weight excluding hydrogens is 416 g/mol. The van der Waals surface area contributed by atoms with Crippen LogP contribution in [-0.2, 0) is 0 Å². The molecule has 0 fully saturated rings. The van der Waals surface area contributed by atoms with Crippen molar-refractivity contribution in [3.05, 3.63) is 81.8 Å². The molecule has 0 aliphatic heterocycles. The van der Waals surface area contributed by atoms with Crippen molar-refractivity contribution >= 4 is 50.2 Å². The van der Waals surface area contributed by atoms with Gasteiger partial charge in [0, 0.05) is 20.7 Å². The van der Waals surface area contributed by atoms with E-state index in [1.165, 1.54) is 4.80 Å². The minimum absolute atomic E-state index is 0.181. The summed E-state index contributed by atoms with van der Waals surface area (Å²) in [5.74, 6) is -0.181. The second kappa shape index (κ2) is 6.90. The Morgan fingerprint density at radius 3 is 2.50 bits per heavy atom. The molecule has 1 N–H and O–H groups in total. The highest BCUT2D eigenvalue weighted by molar-refractivity contribution is 9.10. The zero-order valence-electron chi connectivity index (χ0n) is 13.4. The van der Waals surface area contributed by atoms with Crippen molar-refractivity contribution in [2.75, 3.05) is 5.32 Å². The first-order valence-electron chi connectivity index (χ1n) is 7.78. The molecule has 1 heterocycles. The van der Waals surface area contributed by atoms with Crippen molar-refractivity contribution in [2.45, 2.75) is 0 Å². The highest BCUT2D eigenvalue weighted by Crippen LogP contribution is 2.20. The lowest BCUT2D eigenvalue weighted by Gasteiger charge is -2.05. The van der Waals surface area contributed by atoms with Gasteiger partial charge in [-0.15, -0.1) is 10.2 Å². The van der Waals surface area contributed by atoms with E-state index in [2.05, 4.69) is 31.4 Å². The van der Waals surface area contributed by atoms with E-state index in [0.29, 0.717) is 21.8 Å². The van der Waals surface area contributed by atoms with Gasteiger partial charge < -0.3 is 5.32 Å². The van der Waals surface area contributed by atoms with Gasteiger partial charge in [-0.1, -0.05) is 33.6 Å². The first-order valence-corrected chi connectivity index (χ1v) is 8.95. The fraction of sp³-hybridized carbons (Fsp3) is 0. The van der Waals surface area contributed by atoms with Crippen LogP contribution >= 0.6 is 27.5 Å². The summed E-state index contributed by atoms with van der Waals surface area (Å²) in [4.78, 5) is 13.9. The fourth-order valence-electron chi connectivity index (χ4n) is 2.51. The quantitative estimate of drug-likeness (QED) is 0.495. The number of benzene rings is 3. The Kier molecular flexibility index (Phi) is 4.44. The van der Waals surface area contributed by atoms with Gasteiger partial charge >= 0.3 is 0 Å². The van der Waals surface area contributed by atoms with Gasteiger partial charge in [-0.05, 0) is 60.7 Å². The first kappa shape index (κ1) is 16.8. The molecule has 0 aliphatic carbocycles. The monoisotopic (exact) mass is 426 g/mol. The highest BCUT2D eigenvalue weighted by Gasteiger charge is 2.09. The zero-order chi connectivity index (χ0) is 18.1. The van der Waals surface area contributed by atoms with Crippen molar-refractivity contribution in [3.8, 4) is 5.69 Å². The Morgan fingerprint density at radius 1 is 0.962 bits per heavy atom. The molecule has 1 aromatic heterocycles. The molecule has 7 heteroatoms. The molecular formula is C19H12BrClN4O. The number of fused-ring (bicyclic) bond motifs is 1. The molecule has 1 amide bonds. The number of carbonyl (C=O) groups is 1. The van der Waals surface area contributed by atoms with Crippen molar-refractivity contribution in [2.24, 2.45) is 0 Å². The molecule has 0 atom stereocenters. The minimum atomic E-state index is -0.181. The largest absolute Gasteiger partial charge is 0.322 e. The number of hydrogen-bond acceptors (Lipinski definition) is 3. The number of halogens is 2. The second-order valence-corrected chi connectivity index (χ2v) is 6.99. The van der Waals surface area contributed by atoms with Crippen molar-refractivity contribution in [1.82, 2.24) is 15.0 Å². The van der Waals surface area contributed by atoms with E-state index in [1.54, 1.807) is 36.4 Å². The molecule has 0 bridgehead atoms. The van der Waals surface area contributed by atoms with E-state index in [9.17, 15) is 4.79 Å². The lowest BCUT2D eigenvalue weighted by atomic mass is 10.2. The van der Waals surface area contributed by atoms with E-state index in [1.807, 2.05) is 30.3 Å². The van der Waals surface area contributed by atoms with Gasteiger partial charge in [0.05, 0.1) is 5.69 Å². The average Bonchev–Trinajstić information content (AvgIpc) is 3.05. The minimum Gasteiger partial charge on any atom is -0.322 e. The van der Waals surface area contributed by atoms with Gasteiger partial charge in [-0.3, -0.25) is 4.79 Å². The fourth-order valence-corrected chi connectivity index (χ4v) is 2.96. The van der Waals surface area contributed by atoms with Crippen LogP contribution in [0.4, 0.5) is 5.69 Å². The number of nitrogens with one attached hydrogen (secondary N) is 1. The highest BCUT2D eigenvalue weighted by atomic mass is 79.9. The number of hydrogen-bond donors (Lipinski definition) is 1. The van der Waals surface area contributed by atoms with Crippen LogP contribution in [0.2, 0.25) is 5.02 Å². The van der Waals surface area contributed by atoms with Crippen LogP contribution in [0.15, 0.2) is 71.2 Å². The molecule has 0 unspecified atom stereocenters. The summed E-state index contributed by atoms with van der Waals surface area (Å²) in [6, 6.07) is 19.9. The van der Waals surface area contributed by atoms with Crippen LogP contribution in [0, 0.1) is 0 Å². The summed E-state index contributed by atoms with van der Waals surface area (Å²) >= 11 is 9.38. The van der Waals surface area contributed by atoms with Crippen molar-refractivity contribution in [3.63, 3.8) is 0 Å². The molecule has 5 nitrogen and oxygen atoms in total. The molecule has 128 valence electrons. The standard InChI is InChI=1S/C19H12BrClN4O/c20-13-6-4-12(5-7-13)19(26)22-15-8-9-17-18(11-15)24-25(23-17)16-3-1-2-14(21)10-16/h1-11H,(H,22,26). The topological polar surface area (TPSA) is 59.8 Å². The van der Waals surface area contributed by atoms with E-state index in [4.69, 9.17) is 11.6 Å². The molecule has 0 spiro atoms. The van der Waals surface area contributed by atoms with Gasteiger partial charge in [0.15, 0.2) is 0 Å². The molecule has 4 aromatic rings. The Balaban J connectivity index is 1.61. The molecule has 0 aliphatic rings. The first-order chi connectivity index (χ1) is 12.6. The molecule has 0 radical (unpaired) electrons. The predicted molar refractivity (Wildman–Crippen MR) is 106 cm³/mol. The average molecular weight is 428 g/mol. The zero-order valence-corrected chi connectivity index (χ0v) is 15.7. The van der Waals surface area contributed by atoms with Crippen LogP contribution in [0.3, 0.4) is 0 Å². The van der Waals surface area contributed by atoms with Crippen molar-refractivity contribution < 1.29 is 4.79 Å². The molecule has 3 aromatic carbocycles. The van der Waals surface area contributed by atoms with Gasteiger partial charge in [0.1, 0.15) is 11.0 Å². The van der Waals surface area contributed by atoms with E-state index < -0.39 is 0 Å². The third-order valence-electron chi connectivity index (χ3n) is 3.78. The lowest BCUT2D eigenvalue weighted by molar-refractivity contribution is 0.102. The summed E-state index contributed by atoms with van der Waals surface area (Å²) in [5, 5.41) is 12.4. The molecule has 0 saturated heterocycles. The Bertz CT molecular complexity index is 1110. The van der Waals surface area contributed by atoms with Crippen molar-refractivity contribution in [1.29, 1.82) is 0 Å². The van der Waals surface area contributed by atoms with Gasteiger partial charge in [-0.25, -0.2) is 0 Å². The number of nitrogens with zero attached hydrogens (tertiary/aromatic N) is 3. The second-order valence-electron chi connectivity index (χ2n) is 5.63. The third-order valence-corrected chi connectivity index (χ3v) is 4.55. The predicted octanol–water partition coefficient (Wildman–Crippen LogP) is 5.09. The van der Waals surface area contributed by atoms with Crippen LogP contribution in [0.1, 0.15) is 10.4 Å². The molecule has 0 saturated carbocycles. The number of carbonyl (C=O) groups excluding carboxylic acids is 1. The smallest absolute Gasteiger partial charge is 0.255 e. The summed E-state index contributed by atoms with van der Waals surface area (Å²) in [5.41, 5.74) is 3.42. The number of amides is 1. The van der Waals surface area contributed by atoms with Gasteiger partial charge in [-0.2, -0.15) is 4.80 Å². The third kappa shape index (κ3) is 3.47.